The van der Waals surface area contributed by atoms with E-state index in [-0.39, 0.29) is 5.41 Å². The predicted molar refractivity (Wildman–Crippen MR) is 132 cm³/mol. The van der Waals surface area contributed by atoms with Gasteiger partial charge < -0.3 is 4.90 Å². The Morgan fingerprint density at radius 1 is 0.871 bits per heavy atom. The van der Waals surface area contributed by atoms with Gasteiger partial charge in [0, 0.05) is 42.2 Å². The molecule has 2 aromatic carbocycles. The van der Waals surface area contributed by atoms with Crippen molar-refractivity contribution >= 4 is 11.3 Å². The third-order valence-electron chi connectivity index (χ3n) is 5.96. The van der Waals surface area contributed by atoms with Crippen molar-refractivity contribution in [1.29, 1.82) is 0 Å². The van der Waals surface area contributed by atoms with E-state index in [0.29, 0.717) is 5.92 Å². The fraction of sp³-hybridized carbons (Fsp3) is 0.276. The molecule has 0 saturated carbocycles. The van der Waals surface area contributed by atoms with Crippen LogP contribution in [-0.2, 0) is 5.41 Å². The molecule has 2 nitrogen and oxygen atoms in total. The maximum Gasteiger partial charge on any atom is 0.214 e. The Morgan fingerprint density at radius 3 is 2.19 bits per heavy atom. The Labute approximate surface area is 187 Å². The van der Waals surface area contributed by atoms with Gasteiger partial charge in [0.2, 0.25) is 5.69 Å². The molecule has 0 bridgehead atoms. The Balaban J connectivity index is 1.55. The van der Waals surface area contributed by atoms with Crippen LogP contribution in [0.5, 0.6) is 0 Å². The highest BCUT2D eigenvalue weighted by Gasteiger charge is 2.21. The van der Waals surface area contributed by atoms with Gasteiger partial charge in [-0.05, 0) is 40.2 Å². The second-order valence-electron chi connectivity index (χ2n) is 9.60. The van der Waals surface area contributed by atoms with Gasteiger partial charge in [-0.2, -0.15) is 4.57 Å². The number of nitrogens with zero attached hydrogens (tertiary/aromatic N) is 2. The number of pyridine rings is 1. The minimum atomic E-state index is 0.119. The summed E-state index contributed by atoms with van der Waals surface area (Å²) in [4.78, 5) is 2.34. The van der Waals surface area contributed by atoms with E-state index in [1.165, 1.54) is 33.6 Å². The van der Waals surface area contributed by atoms with E-state index in [2.05, 4.69) is 135 Å². The molecular weight excluding hydrogens is 376 g/mol. The standard InChI is InChI=1S/C29H33N2/c1-22(2)25-10-6-8-12-27(25)30-18-14-23(15-19-30)24-16-20-31(21-17-24)28-13-9-7-11-26(28)29(3,4)5/h6-20,22H,21H2,1-5H3/q+1. The molecule has 0 spiro atoms. The summed E-state index contributed by atoms with van der Waals surface area (Å²) in [6, 6.07) is 21.8. The smallest absolute Gasteiger partial charge is 0.214 e. The molecule has 0 fully saturated rings. The van der Waals surface area contributed by atoms with E-state index in [0.717, 1.165) is 6.54 Å². The Kier molecular flexibility index (Phi) is 5.82. The van der Waals surface area contributed by atoms with Crippen molar-refractivity contribution in [3.8, 4) is 5.69 Å². The first-order valence-electron chi connectivity index (χ1n) is 11.2. The molecule has 2 heteroatoms. The quantitative estimate of drug-likeness (QED) is 0.430. The Bertz CT molecular complexity index is 1110. The molecule has 31 heavy (non-hydrogen) atoms. The van der Waals surface area contributed by atoms with E-state index in [1.54, 1.807) is 0 Å². The first kappa shape index (κ1) is 21.1. The van der Waals surface area contributed by atoms with Crippen molar-refractivity contribution in [3.05, 3.63) is 108 Å². The molecule has 3 aromatic rings. The highest BCUT2D eigenvalue weighted by Crippen LogP contribution is 2.33. The zero-order valence-electron chi connectivity index (χ0n) is 19.3. The number of anilines is 1. The summed E-state index contributed by atoms with van der Waals surface area (Å²) in [5.41, 5.74) is 7.92. The number of hydrogen-bond donors (Lipinski definition) is 0. The van der Waals surface area contributed by atoms with Gasteiger partial charge in [-0.25, -0.2) is 0 Å². The van der Waals surface area contributed by atoms with Gasteiger partial charge in [-0.3, -0.25) is 0 Å². The number of aromatic nitrogens is 1. The van der Waals surface area contributed by atoms with Crippen LogP contribution in [0.3, 0.4) is 0 Å². The fourth-order valence-electron chi connectivity index (χ4n) is 4.24. The first-order chi connectivity index (χ1) is 14.8. The van der Waals surface area contributed by atoms with E-state index in [9.17, 15) is 0 Å². The Morgan fingerprint density at radius 2 is 1.55 bits per heavy atom. The largest absolute Gasteiger partial charge is 0.344 e. The third-order valence-corrected chi connectivity index (χ3v) is 5.96. The van der Waals surface area contributed by atoms with Crippen LogP contribution in [0.25, 0.3) is 11.3 Å². The summed E-state index contributed by atoms with van der Waals surface area (Å²) in [5, 5.41) is 0. The van der Waals surface area contributed by atoms with Crippen LogP contribution in [0.1, 0.15) is 57.2 Å². The number of allylic oxidation sites excluding steroid dienone is 2. The molecule has 0 amide bonds. The minimum absolute atomic E-state index is 0.119. The van der Waals surface area contributed by atoms with Crippen LogP contribution in [0.2, 0.25) is 0 Å². The lowest BCUT2D eigenvalue weighted by molar-refractivity contribution is -0.596. The molecule has 2 heterocycles. The highest BCUT2D eigenvalue weighted by atomic mass is 15.1. The van der Waals surface area contributed by atoms with Crippen molar-refractivity contribution in [1.82, 2.24) is 0 Å². The lowest BCUT2D eigenvalue weighted by Gasteiger charge is -2.30. The summed E-state index contributed by atoms with van der Waals surface area (Å²) < 4.78 is 2.22. The summed E-state index contributed by atoms with van der Waals surface area (Å²) in [6.07, 6.45) is 11.1. The van der Waals surface area contributed by atoms with E-state index < -0.39 is 0 Å². The highest BCUT2D eigenvalue weighted by molar-refractivity contribution is 5.77. The molecule has 158 valence electrons. The average Bonchev–Trinajstić information content (AvgIpc) is 2.79. The maximum absolute atomic E-state index is 2.34. The summed E-state index contributed by atoms with van der Waals surface area (Å²) in [5.74, 6) is 0.495. The van der Waals surface area contributed by atoms with Crippen LogP contribution in [0, 0.1) is 0 Å². The van der Waals surface area contributed by atoms with Gasteiger partial charge in [0.1, 0.15) is 0 Å². The molecule has 0 aliphatic carbocycles. The summed E-state index contributed by atoms with van der Waals surface area (Å²) >= 11 is 0. The molecule has 0 radical (unpaired) electrons. The van der Waals surface area contributed by atoms with Crippen LogP contribution >= 0.6 is 0 Å². The van der Waals surface area contributed by atoms with Crippen molar-refractivity contribution in [3.63, 3.8) is 0 Å². The molecule has 1 aliphatic rings. The molecule has 0 saturated heterocycles. The second-order valence-corrected chi connectivity index (χ2v) is 9.60. The van der Waals surface area contributed by atoms with Crippen molar-refractivity contribution in [2.45, 2.75) is 46.0 Å². The van der Waals surface area contributed by atoms with Crippen molar-refractivity contribution in [2.24, 2.45) is 0 Å². The van der Waals surface area contributed by atoms with Crippen LogP contribution in [-0.4, -0.2) is 6.54 Å². The Hall–Kier alpha value is -3.13. The van der Waals surface area contributed by atoms with Gasteiger partial charge in [0.05, 0.1) is 0 Å². The first-order valence-corrected chi connectivity index (χ1v) is 11.2. The van der Waals surface area contributed by atoms with E-state index in [4.69, 9.17) is 0 Å². The lowest BCUT2D eigenvalue weighted by Crippen LogP contribution is -2.31. The van der Waals surface area contributed by atoms with Gasteiger partial charge in [0.25, 0.3) is 0 Å². The van der Waals surface area contributed by atoms with Crippen LogP contribution < -0.4 is 9.47 Å². The maximum atomic E-state index is 2.34. The summed E-state index contributed by atoms with van der Waals surface area (Å²) in [6.45, 7) is 12.2. The molecule has 1 aliphatic heterocycles. The van der Waals surface area contributed by atoms with Crippen molar-refractivity contribution in [2.75, 3.05) is 11.4 Å². The van der Waals surface area contributed by atoms with Gasteiger partial charge in [-0.15, -0.1) is 0 Å². The third kappa shape index (κ3) is 4.49. The van der Waals surface area contributed by atoms with Gasteiger partial charge in [-0.1, -0.05) is 77.1 Å². The lowest BCUT2D eigenvalue weighted by atomic mass is 9.85. The average molecular weight is 410 g/mol. The van der Waals surface area contributed by atoms with Gasteiger partial charge in [0.15, 0.2) is 12.4 Å². The van der Waals surface area contributed by atoms with E-state index >= 15 is 0 Å². The monoisotopic (exact) mass is 409 g/mol. The molecule has 0 atom stereocenters. The minimum Gasteiger partial charge on any atom is -0.344 e. The molecule has 0 unspecified atom stereocenters. The molecular formula is C29H33N2+. The summed E-state index contributed by atoms with van der Waals surface area (Å²) in [7, 11) is 0. The van der Waals surface area contributed by atoms with E-state index in [1.807, 2.05) is 0 Å². The number of hydrogen-bond acceptors (Lipinski definition) is 1. The molecule has 0 N–H and O–H groups in total. The molecule has 1 aromatic heterocycles. The fourth-order valence-corrected chi connectivity index (χ4v) is 4.24. The second kappa shape index (κ2) is 8.55. The molecule has 4 rings (SSSR count). The number of rotatable bonds is 4. The SMILES string of the molecule is CC(C)c1ccccc1-[n+]1ccc(C2=CCN(c3ccccc3C(C)(C)C)C=C2)cc1. The van der Waals surface area contributed by atoms with Crippen LogP contribution in [0.15, 0.2) is 91.4 Å². The zero-order chi connectivity index (χ0) is 22.0. The zero-order valence-corrected chi connectivity index (χ0v) is 19.3. The number of benzene rings is 2. The van der Waals surface area contributed by atoms with Crippen molar-refractivity contribution < 1.29 is 4.57 Å². The predicted octanol–water partition coefficient (Wildman–Crippen LogP) is 6.80. The normalized spacial score (nSPS) is 14.1. The topological polar surface area (TPSA) is 7.12 Å². The van der Waals surface area contributed by atoms with Gasteiger partial charge >= 0.3 is 0 Å². The van der Waals surface area contributed by atoms with Crippen LogP contribution in [0.4, 0.5) is 5.69 Å². The number of para-hydroxylation sites is 2.